The second kappa shape index (κ2) is 11.7. The molecule has 0 aromatic heterocycles. The van der Waals surface area contributed by atoms with Crippen molar-refractivity contribution in [1.82, 2.24) is 4.90 Å². The highest BCUT2D eigenvalue weighted by atomic mass is 16.6. The number of para-hydroxylation sites is 1. The van der Waals surface area contributed by atoms with Gasteiger partial charge in [-0.3, -0.25) is 9.69 Å². The molecule has 1 aromatic carbocycles. The number of carbonyl (C=O) groups excluding carboxylic acids is 2. The van der Waals surface area contributed by atoms with E-state index in [4.69, 9.17) is 19.7 Å². The van der Waals surface area contributed by atoms with Crippen LogP contribution in [0.15, 0.2) is 18.2 Å². The highest BCUT2D eigenvalue weighted by Crippen LogP contribution is 2.34. The Balaban J connectivity index is 2.71. The smallest absolute Gasteiger partial charge is 0.349 e. The standard InChI is InChI=1S/C20H31NO6/c1-14(2)16-6-5-7-17(15(3)4)20(16)27-19(25)13-26-18(24)12-21(8-10-22)9-11-23/h5-7,14-15,22-23H,8-13H2,1-4H3. The van der Waals surface area contributed by atoms with E-state index in [0.717, 1.165) is 11.1 Å². The molecular formula is C20H31NO6. The first-order valence-electron chi connectivity index (χ1n) is 9.23. The van der Waals surface area contributed by atoms with Crippen molar-refractivity contribution in [3.05, 3.63) is 29.3 Å². The summed E-state index contributed by atoms with van der Waals surface area (Å²) in [7, 11) is 0. The van der Waals surface area contributed by atoms with Crippen molar-refractivity contribution in [2.75, 3.05) is 39.5 Å². The number of nitrogens with zero attached hydrogens (tertiary/aromatic N) is 1. The normalized spacial score (nSPS) is 11.3. The maximum absolute atomic E-state index is 12.2. The molecule has 0 radical (unpaired) electrons. The quantitative estimate of drug-likeness (QED) is 0.444. The second-order valence-corrected chi connectivity index (χ2v) is 6.93. The summed E-state index contributed by atoms with van der Waals surface area (Å²) in [6.45, 7) is 7.67. The van der Waals surface area contributed by atoms with Crippen molar-refractivity contribution in [2.45, 2.75) is 39.5 Å². The lowest BCUT2D eigenvalue weighted by Crippen LogP contribution is -2.36. The summed E-state index contributed by atoms with van der Waals surface area (Å²) < 4.78 is 10.5. The molecule has 0 unspecified atom stereocenters. The van der Waals surface area contributed by atoms with Crippen molar-refractivity contribution in [2.24, 2.45) is 0 Å². The minimum Gasteiger partial charge on any atom is -0.453 e. The molecule has 0 amide bonds. The fourth-order valence-electron chi connectivity index (χ4n) is 2.66. The number of rotatable bonds is 11. The first-order chi connectivity index (χ1) is 12.8. The van der Waals surface area contributed by atoms with Crippen LogP contribution in [-0.4, -0.2) is 66.5 Å². The van der Waals surface area contributed by atoms with Crippen LogP contribution in [0, 0.1) is 0 Å². The van der Waals surface area contributed by atoms with Gasteiger partial charge < -0.3 is 19.7 Å². The summed E-state index contributed by atoms with van der Waals surface area (Å²) in [5.74, 6) is -0.367. The molecule has 1 rings (SSSR count). The van der Waals surface area contributed by atoms with E-state index in [1.54, 1.807) is 4.90 Å². The van der Waals surface area contributed by atoms with E-state index in [9.17, 15) is 9.59 Å². The average molecular weight is 381 g/mol. The van der Waals surface area contributed by atoms with Gasteiger partial charge in [-0.05, 0) is 23.0 Å². The molecule has 1 aromatic rings. The highest BCUT2D eigenvalue weighted by Gasteiger charge is 2.19. The largest absolute Gasteiger partial charge is 0.453 e. The number of aliphatic hydroxyl groups is 2. The zero-order valence-electron chi connectivity index (χ0n) is 16.6. The van der Waals surface area contributed by atoms with Crippen LogP contribution < -0.4 is 4.74 Å². The number of hydrogen-bond donors (Lipinski definition) is 2. The minimum absolute atomic E-state index is 0.117. The van der Waals surface area contributed by atoms with Crippen molar-refractivity contribution in [3.63, 3.8) is 0 Å². The average Bonchev–Trinajstić information content (AvgIpc) is 2.60. The molecule has 0 aliphatic rings. The molecule has 0 saturated heterocycles. The molecule has 2 N–H and O–H groups in total. The fourth-order valence-corrected chi connectivity index (χ4v) is 2.66. The predicted molar refractivity (Wildman–Crippen MR) is 102 cm³/mol. The van der Waals surface area contributed by atoms with E-state index in [0.29, 0.717) is 5.75 Å². The van der Waals surface area contributed by atoms with Gasteiger partial charge in [-0.25, -0.2) is 4.79 Å². The number of hydrogen-bond acceptors (Lipinski definition) is 7. The third kappa shape index (κ3) is 7.66. The molecular weight excluding hydrogens is 350 g/mol. The van der Waals surface area contributed by atoms with Gasteiger partial charge >= 0.3 is 11.9 Å². The molecule has 0 aliphatic carbocycles. The number of benzene rings is 1. The van der Waals surface area contributed by atoms with Crippen molar-refractivity contribution < 1.29 is 29.3 Å². The van der Waals surface area contributed by atoms with E-state index in [2.05, 4.69) is 0 Å². The van der Waals surface area contributed by atoms with Gasteiger partial charge in [0.25, 0.3) is 0 Å². The third-order valence-corrected chi connectivity index (χ3v) is 4.07. The Bertz CT molecular complexity index is 582. The van der Waals surface area contributed by atoms with Crippen molar-refractivity contribution in [3.8, 4) is 5.75 Å². The van der Waals surface area contributed by atoms with Crippen LogP contribution in [0.25, 0.3) is 0 Å². The zero-order valence-corrected chi connectivity index (χ0v) is 16.6. The number of ether oxygens (including phenoxy) is 2. The molecule has 7 heteroatoms. The molecule has 0 heterocycles. The van der Waals surface area contributed by atoms with Crippen LogP contribution in [0.5, 0.6) is 5.75 Å². The second-order valence-electron chi connectivity index (χ2n) is 6.93. The van der Waals surface area contributed by atoms with Gasteiger partial charge in [0, 0.05) is 13.1 Å². The van der Waals surface area contributed by atoms with Gasteiger partial charge in [-0.1, -0.05) is 45.9 Å². The van der Waals surface area contributed by atoms with E-state index in [1.807, 2.05) is 45.9 Å². The van der Waals surface area contributed by atoms with Crippen molar-refractivity contribution in [1.29, 1.82) is 0 Å². The summed E-state index contributed by atoms with van der Waals surface area (Å²) in [4.78, 5) is 25.6. The topological polar surface area (TPSA) is 96.3 Å². The third-order valence-electron chi connectivity index (χ3n) is 4.07. The predicted octanol–water partition coefficient (Wildman–Crippen LogP) is 1.67. The number of carbonyl (C=O) groups is 2. The van der Waals surface area contributed by atoms with Gasteiger partial charge in [0.1, 0.15) is 5.75 Å². The summed E-state index contributed by atoms with van der Waals surface area (Å²) in [5.41, 5.74) is 1.86. The van der Waals surface area contributed by atoms with Crippen LogP contribution in [0.2, 0.25) is 0 Å². The molecule has 0 spiro atoms. The molecule has 27 heavy (non-hydrogen) atoms. The molecule has 152 valence electrons. The Morgan fingerprint density at radius 1 is 0.963 bits per heavy atom. The van der Waals surface area contributed by atoms with Gasteiger partial charge in [0.2, 0.25) is 0 Å². The molecule has 0 atom stereocenters. The van der Waals surface area contributed by atoms with Gasteiger partial charge in [-0.15, -0.1) is 0 Å². The lowest BCUT2D eigenvalue weighted by atomic mass is 9.94. The number of esters is 2. The van der Waals surface area contributed by atoms with Crippen LogP contribution >= 0.6 is 0 Å². The molecule has 7 nitrogen and oxygen atoms in total. The van der Waals surface area contributed by atoms with Crippen LogP contribution in [0.1, 0.15) is 50.7 Å². The van der Waals surface area contributed by atoms with E-state index < -0.39 is 18.5 Å². The fraction of sp³-hybridized carbons (Fsp3) is 0.600. The zero-order chi connectivity index (χ0) is 20.4. The van der Waals surface area contributed by atoms with Crippen LogP contribution in [0.3, 0.4) is 0 Å². The SMILES string of the molecule is CC(C)c1cccc(C(C)C)c1OC(=O)COC(=O)CN(CCO)CCO. The van der Waals surface area contributed by atoms with Gasteiger partial charge in [0.15, 0.2) is 6.61 Å². The Labute approximate surface area is 160 Å². The molecule has 0 fully saturated rings. The van der Waals surface area contributed by atoms with Crippen molar-refractivity contribution >= 4 is 11.9 Å². The molecule has 0 bridgehead atoms. The Morgan fingerprint density at radius 3 is 1.93 bits per heavy atom. The summed E-state index contributed by atoms with van der Waals surface area (Å²) in [6.07, 6.45) is 0. The van der Waals surface area contributed by atoms with Gasteiger partial charge in [-0.2, -0.15) is 0 Å². The molecule has 0 saturated carbocycles. The maximum Gasteiger partial charge on any atom is 0.349 e. The Kier molecular flexibility index (Phi) is 9.99. The van der Waals surface area contributed by atoms with E-state index in [1.165, 1.54) is 0 Å². The first-order valence-corrected chi connectivity index (χ1v) is 9.23. The minimum atomic E-state index is -0.644. The maximum atomic E-state index is 12.2. The monoisotopic (exact) mass is 381 g/mol. The van der Waals surface area contributed by atoms with Crippen LogP contribution in [-0.2, 0) is 14.3 Å². The van der Waals surface area contributed by atoms with E-state index in [-0.39, 0.29) is 44.7 Å². The lowest BCUT2D eigenvalue weighted by Gasteiger charge is -2.20. The van der Waals surface area contributed by atoms with Gasteiger partial charge in [0.05, 0.1) is 19.8 Å². The van der Waals surface area contributed by atoms with E-state index >= 15 is 0 Å². The number of aliphatic hydroxyl groups excluding tert-OH is 2. The van der Waals surface area contributed by atoms with Crippen LogP contribution in [0.4, 0.5) is 0 Å². The first kappa shape index (κ1) is 23.1. The summed E-state index contributed by atoms with van der Waals surface area (Å²) >= 11 is 0. The lowest BCUT2D eigenvalue weighted by molar-refractivity contribution is -0.154. The highest BCUT2D eigenvalue weighted by molar-refractivity contribution is 5.79. The summed E-state index contributed by atoms with van der Waals surface area (Å²) in [6, 6.07) is 5.79. The Morgan fingerprint density at radius 2 is 1.48 bits per heavy atom. The molecule has 0 aliphatic heterocycles. The summed E-state index contributed by atoms with van der Waals surface area (Å²) in [5, 5.41) is 17.9. The Hall–Kier alpha value is -1.96.